The highest BCUT2D eigenvalue weighted by atomic mass is 16.5. The second kappa shape index (κ2) is 7.33. The summed E-state index contributed by atoms with van der Waals surface area (Å²) < 4.78 is 5.12. The van der Waals surface area contributed by atoms with E-state index in [1.807, 2.05) is 9.80 Å². The van der Waals surface area contributed by atoms with Crippen molar-refractivity contribution in [2.45, 2.75) is 51.4 Å². The van der Waals surface area contributed by atoms with Gasteiger partial charge in [-0.1, -0.05) is 12.8 Å². The number of piperidine rings is 2. The second-order valence-corrected chi connectivity index (χ2v) is 8.00. The van der Waals surface area contributed by atoms with E-state index >= 15 is 0 Å². The Morgan fingerprint density at radius 1 is 1.20 bits per heavy atom. The molecule has 3 aliphatic rings. The first kappa shape index (κ1) is 18.2. The molecule has 3 fully saturated rings. The Morgan fingerprint density at radius 3 is 2.48 bits per heavy atom. The van der Waals surface area contributed by atoms with Crippen molar-refractivity contribution in [2.75, 3.05) is 39.9 Å². The van der Waals surface area contributed by atoms with Crippen molar-refractivity contribution in [1.29, 1.82) is 5.26 Å². The van der Waals surface area contributed by atoms with Gasteiger partial charge in [-0.05, 0) is 37.5 Å². The lowest BCUT2D eigenvalue weighted by molar-refractivity contribution is -0.146. The average Bonchev–Trinajstić information content (AvgIpc) is 3.13. The van der Waals surface area contributed by atoms with Crippen LogP contribution in [0.5, 0.6) is 0 Å². The van der Waals surface area contributed by atoms with Crippen LogP contribution in [0.1, 0.15) is 51.4 Å². The predicted molar refractivity (Wildman–Crippen MR) is 92.5 cm³/mol. The van der Waals surface area contributed by atoms with Gasteiger partial charge in [-0.3, -0.25) is 9.59 Å². The van der Waals surface area contributed by atoms with Gasteiger partial charge in [0, 0.05) is 39.7 Å². The molecule has 0 atom stereocenters. The van der Waals surface area contributed by atoms with Gasteiger partial charge in [0.2, 0.25) is 11.8 Å². The van der Waals surface area contributed by atoms with Crippen LogP contribution in [0.3, 0.4) is 0 Å². The van der Waals surface area contributed by atoms with Crippen molar-refractivity contribution in [3.8, 4) is 6.07 Å². The molecule has 25 heavy (non-hydrogen) atoms. The Hall–Kier alpha value is -1.61. The summed E-state index contributed by atoms with van der Waals surface area (Å²) in [5, 5.41) is 9.55. The maximum atomic E-state index is 12.9. The number of methoxy groups -OCH3 is 1. The number of carbonyl (C=O) groups is 2. The molecule has 6 nitrogen and oxygen atoms in total. The van der Waals surface area contributed by atoms with E-state index in [0.29, 0.717) is 45.5 Å². The van der Waals surface area contributed by atoms with Crippen LogP contribution in [0.25, 0.3) is 0 Å². The fourth-order valence-corrected chi connectivity index (χ4v) is 4.75. The lowest BCUT2D eigenvalue weighted by Gasteiger charge is -2.48. The Morgan fingerprint density at radius 2 is 1.88 bits per heavy atom. The topological polar surface area (TPSA) is 73.6 Å². The molecular weight excluding hydrogens is 318 g/mol. The van der Waals surface area contributed by atoms with Gasteiger partial charge >= 0.3 is 0 Å². The zero-order valence-electron chi connectivity index (χ0n) is 15.3. The van der Waals surface area contributed by atoms with E-state index in [4.69, 9.17) is 4.74 Å². The molecule has 1 aliphatic carbocycles. The molecule has 0 N–H and O–H groups in total. The SMILES string of the molecule is COCCN1CC2(CCC1=O)CCN(C(=O)C1(C#N)CCCC1)CC2. The predicted octanol–water partition coefficient (Wildman–Crippen LogP) is 1.95. The molecular formula is C19H29N3O3. The van der Waals surface area contributed by atoms with E-state index in [1.165, 1.54) is 0 Å². The Labute approximate surface area is 150 Å². The number of ether oxygens (including phenoxy) is 1. The van der Waals surface area contributed by atoms with E-state index in [0.717, 1.165) is 38.6 Å². The number of nitriles is 1. The Balaban J connectivity index is 1.60. The molecule has 1 spiro atoms. The van der Waals surface area contributed by atoms with Crippen molar-refractivity contribution >= 4 is 11.8 Å². The van der Waals surface area contributed by atoms with Gasteiger partial charge in [0.1, 0.15) is 5.41 Å². The van der Waals surface area contributed by atoms with Gasteiger partial charge in [-0.15, -0.1) is 0 Å². The molecule has 2 heterocycles. The molecule has 0 aromatic rings. The monoisotopic (exact) mass is 347 g/mol. The highest BCUT2D eigenvalue weighted by Crippen LogP contribution is 2.43. The third-order valence-electron chi connectivity index (χ3n) is 6.51. The first-order valence-electron chi connectivity index (χ1n) is 9.52. The van der Waals surface area contributed by atoms with Crippen LogP contribution in [0.15, 0.2) is 0 Å². The molecule has 0 aromatic heterocycles. The normalized spacial score (nSPS) is 25.2. The number of hydrogen-bond donors (Lipinski definition) is 0. The first-order chi connectivity index (χ1) is 12.0. The van der Waals surface area contributed by atoms with Crippen molar-refractivity contribution in [2.24, 2.45) is 10.8 Å². The van der Waals surface area contributed by atoms with Gasteiger partial charge in [-0.2, -0.15) is 5.26 Å². The fraction of sp³-hybridized carbons (Fsp3) is 0.842. The van der Waals surface area contributed by atoms with Crippen molar-refractivity contribution in [3.63, 3.8) is 0 Å². The molecule has 3 rings (SSSR count). The van der Waals surface area contributed by atoms with E-state index in [9.17, 15) is 14.9 Å². The second-order valence-electron chi connectivity index (χ2n) is 8.00. The summed E-state index contributed by atoms with van der Waals surface area (Å²) in [7, 11) is 1.66. The summed E-state index contributed by atoms with van der Waals surface area (Å²) in [5.74, 6) is 0.265. The van der Waals surface area contributed by atoms with Gasteiger partial charge in [0.25, 0.3) is 0 Å². The smallest absolute Gasteiger partial charge is 0.243 e. The minimum absolute atomic E-state index is 0.0467. The standard InChI is InChI=1S/C19H29N3O3/c1-25-13-12-22-15-18(7-4-16(22)23)8-10-21(11-9-18)17(24)19(14-20)5-2-3-6-19/h2-13,15H2,1H3. The third-order valence-corrected chi connectivity index (χ3v) is 6.51. The van der Waals surface area contributed by atoms with Gasteiger partial charge in [0.15, 0.2) is 0 Å². The molecule has 2 saturated heterocycles. The van der Waals surface area contributed by atoms with Crippen molar-refractivity contribution in [1.82, 2.24) is 9.80 Å². The van der Waals surface area contributed by atoms with Gasteiger partial charge in [0.05, 0.1) is 12.7 Å². The van der Waals surface area contributed by atoms with Crippen molar-refractivity contribution in [3.05, 3.63) is 0 Å². The Bertz CT molecular complexity index is 555. The van der Waals surface area contributed by atoms with Crippen LogP contribution in [0.2, 0.25) is 0 Å². The van der Waals surface area contributed by atoms with Crippen LogP contribution in [-0.4, -0.2) is 61.5 Å². The highest BCUT2D eigenvalue weighted by molar-refractivity contribution is 5.86. The average molecular weight is 347 g/mol. The third kappa shape index (κ3) is 3.52. The van der Waals surface area contributed by atoms with Gasteiger partial charge in [-0.25, -0.2) is 0 Å². The molecule has 1 saturated carbocycles. The molecule has 0 radical (unpaired) electrons. The first-order valence-corrected chi connectivity index (χ1v) is 9.52. The highest BCUT2D eigenvalue weighted by Gasteiger charge is 2.47. The maximum Gasteiger partial charge on any atom is 0.243 e. The van der Waals surface area contributed by atoms with E-state index in [1.54, 1.807) is 7.11 Å². The zero-order valence-corrected chi connectivity index (χ0v) is 15.3. The van der Waals surface area contributed by atoms with Crippen LogP contribution in [0.4, 0.5) is 0 Å². The number of rotatable bonds is 4. The number of carbonyl (C=O) groups excluding carboxylic acids is 2. The largest absolute Gasteiger partial charge is 0.383 e. The summed E-state index contributed by atoms with van der Waals surface area (Å²) in [6.45, 7) is 3.43. The van der Waals surface area contributed by atoms with Crippen LogP contribution >= 0.6 is 0 Å². The van der Waals surface area contributed by atoms with E-state index < -0.39 is 5.41 Å². The molecule has 0 bridgehead atoms. The molecule has 2 amide bonds. The van der Waals surface area contributed by atoms with E-state index in [-0.39, 0.29) is 17.2 Å². The number of nitrogens with zero attached hydrogens (tertiary/aromatic N) is 3. The number of likely N-dealkylation sites (tertiary alicyclic amines) is 2. The summed E-state index contributed by atoms with van der Waals surface area (Å²) in [5.41, 5.74) is -0.633. The van der Waals surface area contributed by atoms with Crippen molar-refractivity contribution < 1.29 is 14.3 Å². The van der Waals surface area contributed by atoms with Crippen LogP contribution in [0, 0.1) is 22.2 Å². The quantitative estimate of drug-likeness (QED) is 0.779. The van der Waals surface area contributed by atoms with Crippen LogP contribution in [-0.2, 0) is 14.3 Å². The van der Waals surface area contributed by atoms with Gasteiger partial charge < -0.3 is 14.5 Å². The minimum atomic E-state index is -0.766. The maximum absolute atomic E-state index is 12.9. The Kier molecular flexibility index (Phi) is 5.33. The molecule has 0 aromatic carbocycles. The minimum Gasteiger partial charge on any atom is -0.383 e. The van der Waals surface area contributed by atoms with Crippen LogP contribution < -0.4 is 0 Å². The summed E-state index contributed by atoms with van der Waals surface area (Å²) in [6, 6.07) is 2.32. The molecule has 2 aliphatic heterocycles. The zero-order chi connectivity index (χ0) is 17.9. The summed E-state index contributed by atoms with van der Waals surface area (Å²) in [6.07, 6.45) is 6.75. The van der Waals surface area contributed by atoms with E-state index in [2.05, 4.69) is 6.07 Å². The number of hydrogen-bond acceptors (Lipinski definition) is 4. The molecule has 138 valence electrons. The number of amides is 2. The molecule has 0 unspecified atom stereocenters. The lowest BCUT2D eigenvalue weighted by atomic mass is 9.72. The summed E-state index contributed by atoms with van der Waals surface area (Å²) in [4.78, 5) is 28.9. The molecule has 6 heteroatoms. The summed E-state index contributed by atoms with van der Waals surface area (Å²) >= 11 is 0. The fourth-order valence-electron chi connectivity index (χ4n) is 4.75. The lowest BCUT2D eigenvalue weighted by Crippen LogP contribution is -2.54.